The lowest BCUT2D eigenvalue weighted by atomic mass is 10.3. The molecule has 0 spiro atoms. The molecule has 0 atom stereocenters. The fourth-order valence-electron chi connectivity index (χ4n) is 0.557. The molecule has 1 aromatic rings. The molecule has 0 fully saturated rings. The van der Waals surface area contributed by atoms with Crippen molar-refractivity contribution in [3.8, 4) is 5.75 Å². The van der Waals surface area contributed by atoms with E-state index in [1.165, 1.54) is 0 Å². The van der Waals surface area contributed by atoms with Crippen molar-refractivity contribution < 1.29 is 4.74 Å². The second-order valence-corrected chi connectivity index (χ2v) is 3.02. The van der Waals surface area contributed by atoms with Crippen molar-refractivity contribution >= 4 is 8.58 Å². The fraction of sp³-hybridized carbons (Fsp3) is 0.333. The molecule has 0 aliphatic rings. The largest absolute Gasteiger partial charge is 0.497 e. The molecular formula is C9H15OP. The third kappa shape index (κ3) is 5.87. The SMILES string of the molecule is COc1ccccc1.CPC. The summed E-state index contributed by atoms with van der Waals surface area (Å²) in [5.41, 5.74) is 0. The van der Waals surface area contributed by atoms with E-state index in [-0.39, 0.29) is 0 Å². The molecule has 11 heavy (non-hydrogen) atoms. The quantitative estimate of drug-likeness (QED) is 0.589. The van der Waals surface area contributed by atoms with Crippen LogP contribution in [-0.2, 0) is 0 Å². The zero-order valence-electron chi connectivity index (χ0n) is 7.29. The average Bonchev–Trinajstić information content (AvgIpc) is 2.08. The van der Waals surface area contributed by atoms with Crippen molar-refractivity contribution in [2.75, 3.05) is 20.4 Å². The minimum absolute atomic E-state index is 0.910. The van der Waals surface area contributed by atoms with Gasteiger partial charge in [-0.15, -0.1) is 8.58 Å². The first-order valence-electron chi connectivity index (χ1n) is 3.52. The van der Waals surface area contributed by atoms with Crippen molar-refractivity contribution in [3.05, 3.63) is 30.3 Å². The van der Waals surface area contributed by atoms with Crippen molar-refractivity contribution in [2.45, 2.75) is 0 Å². The van der Waals surface area contributed by atoms with Crippen LogP contribution in [0, 0.1) is 0 Å². The number of hydrogen-bond donors (Lipinski definition) is 0. The van der Waals surface area contributed by atoms with E-state index < -0.39 is 0 Å². The normalized spacial score (nSPS) is 7.91. The van der Waals surface area contributed by atoms with Crippen LogP contribution in [0.4, 0.5) is 0 Å². The van der Waals surface area contributed by atoms with Gasteiger partial charge in [-0.3, -0.25) is 0 Å². The molecule has 0 heterocycles. The molecule has 0 radical (unpaired) electrons. The zero-order valence-corrected chi connectivity index (χ0v) is 8.29. The van der Waals surface area contributed by atoms with Gasteiger partial charge in [0.2, 0.25) is 0 Å². The van der Waals surface area contributed by atoms with Crippen LogP contribution in [0.2, 0.25) is 0 Å². The van der Waals surface area contributed by atoms with Crippen LogP contribution in [0.25, 0.3) is 0 Å². The summed E-state index contributed by atoms with van der Waals surface area (Å²) in [5, 5.41) is 0. The number of hydrogen-bond acceptors (Lipinski definition) is 1. The lowest BCUT2D eigenvalue weighted by molar-refractivity contribution is 0.415. The van der Waals surface area contributed by atoms with Gasteiger partial charge in [0, 0.05) is 0 Å². The molecule has 0 unspecified atom stereocenters. The first-order chi connectivity index (χ1) is 5.35. The van der Waals surface area contributed by atoms with Crippen molar-refractivity contribution in [2.24, 2.45) is 0 Å². The molecule has 0 amide bonds. The summed E-state index contributed by atoms with van der Waals surface area (Å²) in [5.74, 6) is 0.910. The standard InChI is InChI=1S/C7H8O.C2H7P/c1-8-7-5-3-2-4-6-7;1-3-2/h2-6H,1H3;3H,1-2H3. The number of rotatable bonds is 1. The summed E-state index contributed by atoms with van der Waals surface area (Å²) < 4.78 is 4.91. The first-order valence-corrected chi connectivity index (χ1v) is 5.52. The Balaban J connectivity index is 0.000000292. The molecule has 62 valence electrons. The predicted octanol–water partition coefficient (Wildman–Crippen LogP) is 2.62. The summed E-state index contributed by atoms with van der Waals surface area (Å²) in [6.07, 6.45) is 0. The molecule has 1 nitrogen and oxygen atoms in total. The maximum absolute atomic E-state index is 4.91. The Morgan fingerprint density at radius 2 is 1.55 bits per heavy atom. The summed E-state index contributed by atoms with van der Waals surface area (Å²) in [6.45, 7) is 4.31. The highest BCUT2D eigenvalue weighted by atomic mass is 31.1. The van der Waals surface area contributed by atoms with Crippen molar-refractivity contribution in [1.29, 1.82) is 0 Å². The molecule has 0 N–H and O–H groups in total. The van der Waals surface area contributed by atoms with Gasteiger partial charge in [0.1, 0.15) is 5.75 Å². The van der Waals surface area contributed by atoms with E-state index in [1.807, 2.05) is 30.3 Å². The average molecular weight is 170 g/mol. The monoisotopic (exact) mass is 170 g/mol. The molecule has 1 rings (SSSR count). The first kappa shape index (κ1) is 10.4. The van der Waals surface area contributed by atoms with Crippen LogP contribution in [0.5, 0.6) is 5.75 Å². The van der Waals surface area contributed by atoms with Crippen LogP contribution in [-0.4, -0.2) is 20.4 Å². The summed E-state index contributed by atoms with van der Waals surface area (Å²) in [6, 6.07) is 9.68. The Bertz CT molecular complexity index is 162. The maximum atomic E-state index is 4.91. The van der Waals surface area contributed by atoms with Gasteiger partial charge in [0.05, 0.1) is 7.11 Å². The summed E-state index contributed by atoms with van der Waals surface area (Å²) >= 11 is 0. The molecular weight excluding hydrogens is 155 g/mol. The van der Waals surface area contributed by atoms with Crippen LogP contribution < -0.4 is 4.74 Å². The van der Waals surface area contributed by atoms with Crippen LogP contribution in [0.15, 0.2) is 30.3 Å². The molecule has 1 aromatic carbocycles. The smallest absolute Gasteiger partial charge is 0.118 e. The maximum Gasteiger partial charge on any atom is 0.118 e. The molecule has 0 saturated heterocycles. The van der Waals surface area contributed by atoms with Gasteiger partial charge in [-0.1, -0.05) is 18.2 Å². The van der Waals surface area contributed by atoms with Gasteiger partial charge in [-0.25, -0.2) is 0 Å². The Labute approximate surface area is 70.6 Å². The van der Waals surface area contributed by atoms with Crippen molar-refractivity contribution in [3.63, 3.8) is 0 Å². The Morgan fingerprint density at radius 1 is 1.09 bits per heavy atom. The topological polar surface area (TPSA) is 9.23 Å². The predicted molar refractivity (Wildman–Crippen MR) is 53.2 cm³/mol. The minimum Gasteiger partial charge on any atom is -0.497 e. The van der Waals surface area contributed by atoms with E-state index in [9.17, 15) is 0 Å². The van der Waals surface area contributed by atoms with Crippen LogP contribution in [0.1, 0.15) is 0 Å². The van der Waals surface area contributed by atoms with Gasteiger partial charge >= 0.3 is 0 Å². The van der Waals surface area contributed by atoms with Gasteiger partial charge in [-0.2, -0.15) is 0 Å². The highest BCUT2D eigenvalue weighted by Gasteiger charge is 1.80. The Kier molecular flexibility index (Phi) is 7.18. The van der Waals surface area contributed by atoms with E-state index in [0.717, 1.165) is 14.3 Å². The number of para-hydroxylation sites is 1. The van der Waals surface area contributed by atoms with Crippen molar-refractivity contribution in [1.82, 2.24) is 0 Å². The van der Waals surface area contributed by atoms with Gasteiger partial charge < -0.3 is 4.74 Å². The molecule has 0 aliphatic carbocycles. The van der Waals surface area contributed by atoms with E-state index >= 15 is 0 Å². The van der Waals surface area contributed by atoms with Crippen LogP contribution >= 0.6 is 8.58 Å². The number of ether oxygens (including phenoxy) is 1. The molecule has 0 saturated carbocycles. The van der Waals surface area contributed by atoms with E-state index in [1.54, 1.807) is 7.11 Å². The second-order valence-electron chi connectivity index (χ2n) is 2.02. The van der Waals surface area contributed by atoms with Gasteiger partial charge in [0.15, 0.2) is 0 Å². The summed E-state index contributed by atoms with van der Waals surface area (Å²) in [7, 11) is 2.75. The van der Waals surface area contributed by atoms with E-state index in [2.05, 4.69) is 13.3 Å². The lowest BCUT2D eigenvalue weighted by Crippen LogP contribution is -1.78. The number of methoxy groups -OCH3 is 1. The second kappa shape index (κ2) is 7.56. The van der Waals surface area contributed by atoms with Gasteiger partial charge in [0.25, 0.3) is 0 Å². The van der Waals surface area contributed by atoms with E-state index in [4.69, 9.17) is 4.74 Å². The molecule has 0 bridgehead atoms. The Morgan fingerprint density at radius 3 is 1.82 bits per heavy atom. The third-order valence-electron chi connectivity index (χ3n) is 0.979. The molecule has 0 aromatic heterocycles. The minimum atomic E-state index is 0.910. The fourth-order valence-corrected chi connectivity index (χ4v) is 0.557. The van der Waals surface area contributed by atoms with Gasteiger partial charge in [-0.05, 0) is 25.5 Å². The highest BCUT2D eigenvalue weighted by Crippen LogP contribution is 2.05. The van der Waals surface area contributed by atoms with E-state index in [0.29, 0.717) is 0 Å². The molecule has 2 heteroatoms. The number of benzene rings is 1. The van der Waals surface area contributed by atoms with Crippen LogP contribution in [0.3, 0.4) is 0 Å². The Hall–Kier alpha value is -0.550. The highest BCUT2D eigenvalue weighted by molar-refractivity contribution is 7.35. The zero-order chi connectivity index (χ0) is 8.53. The third-order valence-corrected chi connectivity index (χ3v) is 0.979. The summed E-state index contributed by atoms with van der Waals surface area (Å²) in [4.78, 5) is 0. The lowest BCUT2D eigenvalue weighted by Gasteiger charge is -1.93. The molecule has 0 aliphatic heterocycles.